The number of aryl methyl sites for hydroxylation is 2. The number of benzene rings is 3. The molecule has 1 heterocycles. The molecule has 2 amide bonds. The molecule has 1 aliphatic rings. The molecular formula is C26H23ClN2O3. The molecule has 0 aromatic heterocycles. The molecule has 0 atom stereocenters. The highest BCUT2D eigenvalue weighted by atomic mass is 35.5. The fourth-order valence-corrected chi connectivity index (χ4v) is 3.82. The number of carbonyl (C=O) groups excluding carboxylic acids is 2. The Bertz CT molecular complexity index is 1210. The first-order chi connectivity index (χ1) is 15.4. The number of amides is 2. The minimum atomic E-state index is -0.441. The van der Waals surface area contributed by atoms with E-state index in [0.29, 0.717) is 22.0 Å². The van der Waals surface area contributed by atoms with Crippen LogP contribution < -0.4 is 15.0 Å². The van der Waals surface area contributed by atoms with Crippen molar-refractivity contribution in [2.75, 3.05) is 17.3 Å². The third-order valence-corrected chi connectivity index (χ3v) is 5.68. The molecule has 0 radical (unpaired) electrons. The van der Waals surface area contributed by atoms with Crippen LogP contribution in [0.2, 0.25) is 5.02 Å². The average molecular weight is 447 g/mol. The number of hydrogen-bond donors (Lipinski definition) is 1. The molecule has 4 rings (SSSR count). The standard InChI is InChI=1S/C26H23ClN2O3/c1-4-17-6-12-20(13-7-17)28-24-23(18-8-10-19(27)11-9-18)25(30)29(26(24)31)21-15-16(2)5-14-22(21)32-3/h5-15,28H,4H2,1-3H3. The van der Waals surface area contributed by atoms with Gasteiger partial charge in [0.25, 0.3) is 11.8 Å². The van der Waals surface area contributed by atoms with Crippen molar-refractivity contribution in [2.24, 2.45) is 0 Å². The highest BCUT2D eigenvalue weighted by Gasteiger charge is 2.41. The first-order valence-corrected chi connectivity index (χ1v) is 10.7. The van der Waals surface area contributed by atoms with Crippen LogP contribution in [0.5, 0.6) is 5.75 Å². The lowest BCUT2D eigenvalue weighted by Gasteiger charge is -2.19. The van der Waals surface area contributed by atoms with Gasteiger partial charge in [-0.3, -0.25) is 9.59 Å². The highest BCUT2D eigenvalue weighted by Crippen LogP contribution is 2.38. The van der Waals surface area contributed by atoms with Crippen molar-refractivity contribution in [1.29, 1.82) is 0 Å². The second kappa shape index (κ2) is 8.89. The molecule has 6 heteroatoms. The number of anilines is 2. The molecule has 0 aliphatic carbocycles. The third-order valence-electron chi connectivity index (χ3n) is 5.42. The Labute approximate surface area is 192 Å². The van der Waals surface area contributed by atoms with Crippen LogP contribution >= 0.6 is 11.6 Å². The molecule has 3 aromatic carbocycles. The van der Waals surface area contributed by atoms with Gasteiger partial charge in [0.15, 0.2) is 0 Å². The SMILES string of the molecule is CCc1ccc(NC2=C(c3ccc(Cl)cc3)C(=O)N(c3cc(C)ccc3OC)C2=O)cc1. The molecule has 0 saturated carbocycles. The Morgan fingerprint density at radius 3 is 2.25 bits per heavy atom. The maximum atomic E-state index is 13.6. The van der Waals surface area contributed by atoms with Crippen molar-refractivity contribution in [3.8, 4) is 5.75 Å². The van der Waals surface area contributed by atoms with Crippen LogP contribution in [0.1, 0.15) is 23.6 Å². The number of ether oxygens (including phenoxy) is 1. The number of imide groups is 1. The minimum Gasteiger partial charge on any atom is -0.495 e. The lowest BCUT2D eigenvalue weighted by molar-refractivity contribution is -0.120. The Morgan fingerprint density at radius 2 is 1.62 bits per heavy atom. The maximum absolute atomic E-state index is 13.6. The van der Waals surface area contributed by atoms with Crippen LogP contribution in [0.25, 0.3) is 5.57 Å². The van der Waals surface area contributed by atoms with Gasteiger partial charge in [0, 0.05) is 10.7 Å². The van der Waals surface area contributed by atoms with Crippen molar-refractivity contribution >= 4 is 40.4 Å². The van der Waals surface area contributed by atoms with Crippen molar-refractivity contribution in [1.82, 2.24) is 0 Å². The number of nitrogens with one attached hydrogen (secondary N) is 1. The summed E-state index contributed by atoms with van der Waals surface area (Å²) in [7, 11) is 1.52. The smallest absolute Gasteiger partial charge is 0.282 e. The van der Waals surface area contributed by atoms with E-state index in [4.69, 9.17) is 16.3 Å². The van der Waals surface area contributed by atoms with Gasteiger partial charge in [0.1, 0.15) is 11.4 Å². The van der Waals surface area contributed by atoms with Crippen LogP contribution in [-0.2, 0) is 16.0 Å². The van der Waals surface area contributed by atoms with Crippen LogP contribution in [0.15, 0.2) is 72.4 Å². The van der Waals surface area contributed by atoms with Gasteiger partial charge in [-0.05, 0) is 66.4 Å². The van der Waals surface area contributed by atoms with Gasteiger partial charge in [0.2, 0.25) is 0 Å². The Kier molecular flexibility index (Phi) is 6.01. The van der Waals surface area contributed by atoms with E-state index in [-0.39, 0.29) is 11.3 Å². The summed E-state index contributed by atoms with van der Waals surface area (Å²) < 4.78 is 5.44. The molecule has 1 N–H and O–H groups in total. The van der Waals surface area contributed by atoms with E-state index in [1.165, 1.54) is 17.6 Å². The first kappa shape index (κ1) is 21.7. The predicted molar refractivity (Wildman–Crippen MR) is 128 cm³/mol. The largest absolute Gasteiger partial charge is 0.495 e. The van der Waals surface area contributed by atoms with Crippen LogP contribution in [0.3, 0.4) is 0 Å². The molecule has 162 valence electrons. The van der Waals surface area contributed by atoms with Gasteiger partial charge in [-0.15, -0.1) is 0 Å². The zero-order chi connectivity index (χ0) is 22.8. The predicted octanol–water partition coefficient (Wildman–Crippen LogP) is 5.62. The van der Waals surface area contributed by atoms with E-state index >= 15 is 0 Å². The zero-order valence-electron chi connectivity index (χ0n) is 18.1. The number of carbonyl (C=O) groups is 2. The van der Waals surface area contributed by atoms with Gasteiger partial charge in [0.05, 0.1) is 18.4 Å². The zero-order valence-corrected chi connectivity index (χ0v) is 18.9. The van der Waals surface area contributed by atoms with Crippen LogP contribution in [0, 0.1) is 6.92 Å². The number of rotatable bonds is 6. The summed E-state index contributed by atoms with van der Waals surface area (Å²) >= 11 is 6.05. The summed E-state index contributed by atoms with van der Waals surface area (Å²) in [5, 5.41) is 3.73. The molecule has 5 nitrogen and oxygen atoms in total. The second-order valence-electron chi connectivity index (χ2n) is 7.55. The molecule has 3 aromatic rings. The topological polar surface area (TPSA) is 58.6 Å². The quantitative estimate of drug-likeness (QED) is 0.499. The van der Waals surface area contributed by atoms with Crippen molar-refractivity contribution in [3.63, 3.8) is 0 Å². The van der Waals surface area contributed by atoms with Gasteiger partial charge < -0.3 is 10.1 Å². The van der Waals surface area contributed by atoms with Gasteiger partial charge in [-0.2, -0.15) is 0 Å². The van der Waals surface area contributed by atoms with E-state index in [0.717, 1.165) is 17.7 Å². The summed E-state index contributed by atoms with van der Waals surface area (Å²) in [5.74, 6) is -0.418. The number of halogens is 1. The summed E-state index contributed by atoms with van der Waals surface area (Å²) in [6.45, 7) is 3.98. The molecule has 0 spiro atoms. The van der Waals surface area contributed by atoms with E-state index in [1.807, 2.05) is 37.3 Å². The summed E-state index contributed by atoms with van der Waals surface area (Å²) in [6, 6.07) is 20.1. The van der Waals surface area contributed by atoms with Crippen LogP contribution in [-0.4, -0.2) is 18.9 Å². The minimum absolute atomic E-state index is 0.213. The fourth-order valence-electron chi connectivity index (χ4n) is 3.69. The summed E-state index contributed by atoms with van der Waals surface area (Å²) in [5.41, 5.74) is 4.33. The van der Waals surface area contributed by atoms with E-state index < -0.39 is 11.8 Å². The van der Waals surface area contributed by atoms with E-state index in [2.05, 4.69) is 12.2 Å². The van der Waals surface area contributed by atoms with Gasteiger partial charge in [-0.1, -0.05) is 48.9 Å². The van der Waals surface area contributed by atoms with Gasteiger partial charge >= 0.3 is 0 Å². The molecule has 0 unspecified atom stereocenters. The molecule has 32 heavy (non-hydrogen) atoms. The monoisotopic (exact) mass is 446 g/mol. The van der Waals surface area contributed by atoms with Crippen molar-refractivity contribution in [2.45, 2.75) is 20.3 Å². The summed E-state index contributed by atoms with van der Waals surface area (Å²) in [4.78, 5) is 28.3. The maximum Gasteiger partial charge on any atom is 0.282 e. The Morgan fingerprint density at radius 1 is 0.938 bits per heavy atom. The highest BCUT2D eigenvalue weighted by molar-refractivity contribution is 6.46. The van der Waals surface area contributed by atoms with Gasteiger partial charge in [-0.25, -0.2) is 4.90 Å². The Balaban J connectivity index is 1.83. The molecule has 1 aliphatic heterocycles. The number of nitrogens with zero attached hydrogens (tertiary/aromatic N) is 1. The lowest BCUT2D eigenvalue weighted by atomic mass is 10.0. The molecule has 0 saturated heterocycles. The second-order valence-corrected chi connectivity index (χ2v) is 7.99. The average Bonchev–Trinajstić information content (AvgIpc) is 3.04. The number of hydrogen-bond acceptors (Lipinski definition) is 4. The third kappa shape index (κ3) is 3.99. The molecule has 0 bridgehead atoms. The summed E-state index contributed by atoms with van der Waals surface area (Å²) in [6.07, 6.45) is 0.914. The normalized spacial score (nSPS) is 13.7. The van der Waals surface area contributed by atoms with E-state index in [9.17, 15) is 9.59 Å². The molecular weight excluding hydrogens is 424 g/mol. The van der Waals surface area contributed by atoms with Crippen molar-refractivity contribution in [3.05, 3.63) is 94.1 Å². The lowest BCUT2D eigenvalue weighted by Crippen LogP contribution is -2.32. The first-order valence-electron chi connectivity index (χ1n) is 10.3. The fraction of sp³-hybridized carbons (Fsp3) is 0.154. The van der Waals surface area contributed by atoms with Crippen molar-refractivity contribution < 1.29 is 14.3 Å². The number of methoxy groups -OCH3 is 1. The van der Waals surface area contributed by atoms with Crippen LogP contribution in [0.4, 0.5) is 11.4 Å². The molecule has 0 fully saturated rings. The van der Waals surface area contributed by atoms with E-state index in [1.54, 1.807) is 36.4 Å². The Hall–Kier alpha value is -3.57.